The van der Waals surface area contributed by atoms with E-state index in [1.807, 2.05) is 24.3 Å². The third-order valence-electron chi connectivity index (χ3n) is 2.91. The number of oxazole rings is 1. The number of nitrogens with zero attached hydrogens (tertiary/aromatic N) is 3. The number of nitrogens with two attached hydrogens (primary N) is 1. The summed E-state index contributed by atoms with van der Waals surface area (Å²) in [5.74, 6) is 0.747. The zero-order chi connectivity index (χ0) is 14.1. The zero-order valence-electron chi connectivity index (χ0n) is 11.2. The Labute approximate surface area is 120 Å². The summed E-state index contributed by atoms with van der Waals surface area (Å²) in [6.07, 6.45) is 1.46. The van der Waals surface area contributed by atoms with E-state index < -0.39 is 0 Å². The zero-order valence-corrected chi connectivity index (χ0v) is 12.0. The fourth-order valence-electron chi connectivity index (χ4n) is 1.99. The number of nitrogen functional groups attached to an aromatic ring is 1. The van der Waals surface area contributed by atoms with Gasteiger partial charge in [-0.1, -0.05) is 26.0 Å². The first kappa shape index (κ1) is 12.9. The molecule has 3 aromatic rings. The Bertz CT molecular complexity index is 721. The van der Waals surface area contributed by atoms with Crippen LogP contribution in [-0.2, 0) is 0 Å². The van der Waals surface area contributed by atoms with Crippen LogP contribution in [-0.4, -0.2) is 15.0 Å². The maximum Gasteiger partial charge on any atom is 0.263 e. The van der Waals surface area contributed by atoms with Crippen LogP contribution >= 0.6 is 11.8 Å². The second kappa shape index (κ2) is 5.13. The molecule has 0 aliphatic heterocycles. The first-order valence-corrected chi connectivity index (χ1v) is 7.10. The van der Waals surface area contributed by atoms with Gasteiger partial charge in [-0.05, 0) is 29.8 Å². The van der Waals surface area contributed by atoms with Gasteiger partial charge in [0, 0.05) is 5.56 Å². The summed E-state index contributed by atoms with van der Waals surface area (Å²) in [5.41, 5.74) is 8.47. The minimum atomic E-state index is 0.239. The van der Waals surface area contributed by atoms with E-state index in [-0.39, 0.29) is 5.92 Å². The molecule has 2 heterocycles. The van der Waals surface area contributed by atoms with Crippen molar-refractivity contribution in [1.82, 2.24) is 15.0 Å². The molecular weight excluding hydrogens is 272 g/mol. The summed E-state index contributed by atoms with van der Waals surface area (Å²) in [7, 11) is 0. The lowest BCUT2D eigenvalue weighted by Crippen LogP contribution is -2.03. The molecule has 20 heavy (non-hydrogen) atoms. The molecule has 0 unspecified atom stereocenters. The van der Waals surface area contributed by atoms with Crippen molar-refractivity contribution in [3.8, 4) is 0 Å². The number of hydrogen-bond donors (Lipinski definition) is 1. The Kier molecular flexibility index (Phi) is 3.31. The van der Waals surface area contributed by atoms with E-state index in [2.05, 4.69) is 28.8 Å². The first-order valence-electron chi connectivity index (χ1n) is 6.29. The maximum atomic E-state index is 5.94. The third kappa shape index (κ3) is 2.34. The van der Waals surface area contributed by atoms with Crippen LogP contribution in [0, 0.1) is 0 Å². The molecule has 0 saturated carbocycles. The topological polar surface area (TPSA) is 77.8 Å². The number of fused-ring (bicyclic) bond motifs is 1. The molecular formula is C14H14N4OS. The van der Waals surface area contributed by atoms with E-state index >= 15 is 0 Å². The predicted octanol–water partition coefficient (Wildman–Crippen LogP) is 3.47. The Morgan fingerprint density at radius 3 is 2.75 bits per heavy atom. The lowest BCUT2D eigenvalue weighted by molar-refractivity contribution is 0.489. The monoisotopic (exact) mass is 286 g/mol. The van der Waals surface area contributed by atoms with E-state index in [0.29, 0.717) is 11.0 Å². The van der Waals surface area contributed by atoms with Crippen LogP contribution in [0.5, 0.6) is 0 Å². The Hall–Kier alpha value is -2.08. The van der Waals surface area contributed by atoms with Crippen LogP contribution in [0.4, 0.5) is 5.82 Å². The summed E-state index contributed by atoms with van der Waals surface area (Å²) in [4.78, 5) is 12.8. The van der Waals surface area contributed by atoms with Crippen LogP contribution in [0.1, 0.15) is 25.3 Å². The number of para-hydroxylation sites is 2. The number of rotatable bonds is 3. The second-order valence-corrected chi connectivity index (χ2v) is 5.62. The van der Waals surface area contributed by atoms with E-state index in [1.165, 1.54) is 18.1 Å². The van der Waals surface area contributed by atoms with Gasteiger partial charge >= 0.3 is 0 Å². The lowest BCUT2D eigenvalue weighted by atomic mass is 10.1. The van der Waals surface area contributed by atoms with Crippen molar-refractivity contribution in [3.05, 3.63) is 36.2 Å². The molecule has 102 valence electrons. The van der Waals surface area contributed by atoms with Crippen molar-refractivity contribution in [2.24, 2.45) is 0 Å². The van der Waals surface area contributed by atoms with Gasteiger partial charge in [-0.15, -0.1) is 0 Å². The molecule has 0 atom stereocenters. The maximum absolute atomic E-state index is 5.94. The molecule has 2 aromatic heterocycles. The molecule has 1 aromatic carbocycles. The molecule has 0 aliphatic carbocycles. The van der Waals surface area contributed by atoms with Crippen molar-refractivity contribution in [2.75, 3.05) is 5.73 Å². The average Bonchev–Trinajstić information content (AvgIpc) is 2.80. The highest BCUT2D eigenvalue weighted by atomic mass is 32.2. The van der Waals surface area contributed by atoms with E-state index in [9.17, 15) is 0 Å². The summed E-state index contributed by atoms with van der Waals surface area (Å²) in [6, 6.07) is 7.66. The molecule has 0 bridgehead atoms. The highest BCUT2D eigenvalue weighted by Gasteiger charge is 2.16. The molecule has 0 aliphatic rings. The van der Waals surface area contributed by atoms with Crippen LogP contribution in [0.15, 0.2) is 45.3 Å². The summed E-state index contributed by atoms with van der Waals surface area (Å²) < 4.78 is 5.70. The van der Waals surface area contributed by atoms with Gasteiger partial charge in [0.1, 0.15) is 22.7 Å². The minimum absolute atomic E-state index is 0.239. The van der Waals surface area contributed by atoms with Gasteiger partial charge in [0.05, 0.1) is 0 Å². The highest BCUT2D eigenvalue weighted by Crippen LogP contribution is 2.35. The van der Waals surface area contributed by atoms with Crippen molar-refractivity contribution in [2.45, 2.75) is 30.0 Å². The van der Waals surface area contributed by atoms with Gasteiger partial charge in [-0.3, -0.25) is 0 Å². The van der Waals surface area contributed by atoms with Gasteiger partial charge in [-0.2, -0.15) is 0 Å². The Morgan fingerprint density at radius 2 is 2.00 bits per heavy atom. The van der Waals surface area contributed by atoms with Crippen LogP contribution < -0.4 is 5.73 Å². The van der Waals surface area contributed by atoms with Gasteiger partial charge in [0.15, 0.2) is 5.58 Å². The van der Waals surface area contributed by atoms with Gasteiger partial charge in [-0.25, -0.2) is 15.0 Å². The van der Waals surface area contributed by atoms with Crippen LogP contribution in [0.25, 0.3) is 11.1 Å². The molecule has 2 N–H and O–H groups in total. The van der Waals surface area contributed by atoms with Crippen LogP contribution in [0.2, 0.25) is 0 Å². The van der Waals surface area contributed by atoms with E-state index in [4.69, 9.17) is 10.2 Å². The molecule has 6 heteroatoms. The second-order valence-electron chi connectivity index (χ2n) is 4.68. The number of hydrogen-bond acceptors (Lipinski definition) is 6. The number of anilines is 1. The average molecular weight is 286 g/mol. The minimum Gasteiger partial charge on any atom is -0.431 e. The first-order chi connectivity index (χ1) is 9.65. The summed E-state index contributed by atoms with van der Waals surface area (Å²) in [6.45, 7) is 4.12. The van der Waals surface area contributed by atoms with Crippen molar-refractivity contribution in [1.29, 1.82) is 0 Å². The molecule has 0 spiro atoms. The van der Waals surface area contributed by atoms with Crippen LogP contribution in [0.3, 0.4) is 0 Å². The number of aromatic nitrogens is 3. The van der Waals surface area contributed by atoms with Gasteiger partial charge in [0.2, 0.25) is 0 Å². The summed E-state index contributed by atoms with van der Waals surface area (Å²) in [5, 5.41) is 1.35. The third-order valence-corrected chi connectivity index (χ3v) is 3.78. The largest absolute Gasteiger partial charge is 0.431 e. The molecule has 3 rings (SSSR count). The quantitative estimate of drug-likeness (QED) is 0.743. The highest BCUT2D eigenvalue weighted by molar-refractivity contribution is 7.99. The summed E-state index contributed by atoms with van der Waals surface area (Å²) >= 11 is 1.37. The Morgan fingerprint density at radius 1 is 1.20 bits per heavy atom. The molecule has 0 fully saturated rings. The lowest BCUT2D eigenvalue weighted by Gasteiger charge is -2.11. The van der Waals surface area contributed by atoms with Crippen molar-refractivity contribution in [3.63, 3.8) is 0 Å². The van der Waals surface area contributed by atoms with E-state index in [1.54, 1.807) is 0 Å². The molecule has 0 saturated heterocycles. The van der Waals surface area contributed by atoms with Crippen molar-refractivity contribution < 1.29 is 4.42 Å². The molecule has 0 amide bonds. The molecule has 5 nitrogen and oxygen atoms in total. The fourth-order valence-corrected chi connectivity index (χ4v) is 2.98. The fraction of sp³-hybridized carbons (Fsp3) is 0.214. The Balaban J connectivity index is 2.00. The van der Waals surface area contributed by atoms with Gasteiger partial charge < -0.3 is 10.2 Å². The SMILES string of the molecule is CC(C)c1c(N)ncnc1Sc1nc2ccccc2o1. The smallest absolute Gasteiger partial charge is 0.263 e. The standard InChI is InChI=1S/C14H14N4OS/c1-8(2)11-12(15)16-7-17-13(11)20-14-18-9-5-3-4-6-10(9)19-14/h3-8H,1-2H3,(H2,15,16,17). The normalized spacial score (nSPS) is 11.3. The van der Waals surface area contributed by atoms with E-state index in [0.717, 1.165) is 21.7 Å². The number of benzene rings is 1. The van der Waals surface area contributed by atoms with Gasteiger partial charge in [0.25, 0.3) is 5.22 Å². The van der Waals surface area contributed by atoms with Crippen molar-refractivity contribution >= 4 is 28.7 Å². The predicted molar refractivity (Wildman–Crippen MR) is 78.7 cm³/mol. The molecule has 0 radical (unpaired) electrons.